The van der Waals surface area contributed by atoms with Gasteiger partial charge in [0.25, 0.3) is 5.91 Å². The van der Waals surface area contributed by atoms with Crippen LogP contribution in [0.3, 0.4) is 0 Å². The fourth-order valence-electron chi connectivity index (χ4n) is 4.70. The molecule has 2 aromatic heterocycles. The Morgan fingerprint density at radius 3 is 2.44 bits per heavy atom. The van der Waals surface area contributed by atoms with E-state index in [1.54, 1.807) is 10.9 Å². The summed E-state index contributed by atoms with van der Waals surface area (Å²) < 4.78 is 26.1. The molecule has 2 fully saturated rings. The van der Waals surface area contributed by atoms with Gasteiger partial charge in [-0.05, 0) is 55.7 Å². The quantitative estimate of drug-likeness (QED) is 0.572. The number of amides is 1. The third-order valence-corrected chi connectivity index (χ3v) is 8.60. The van der Waals surface area contributed by atoms with E-state index in [4.69, 9.17) is 0 Å². The molecule has 1 atom stereocenters. The van der Waals surface area contributed by atoms with Crippen molar-refractivity contribution >= 4 is 21.6 Å². The van der Waals surface area contributed by atoms with Gasteiger partial charge in [0.15, 0.2) is 15.5 Å². The number of anilines is 1. The third kappa shape index (κ3) is 4.44. The molecule has 9 heteroatoms. The molecule has 4 heterocycles. The minimum absolute atomic E-state index is 0.0584. The van der Waals surface area contributed by atoms with E-state index >= 15 is 0 Å². The molecule has 3 aromatic rings. The van der Waals surface area contributed by atoms with Crippen molar-refractivity contribution in [1.82, 2.24) is 19.7 Å². The first-order chi connectivity index (χ1) is 16.3. The summed E-state index contributed by atoms with van der Waals surface area (Å²) in [6, 6.07) is 13.5. The van der Waals surface area contributed by atoms with Gasteiger partial charge in [0.1, 0.15) is 5.82 Å². The second kappa shape index (κ2) is 8.87. The van der Waals surface area contributed by atoms with E-state index in [9.17, 15) is 13.2 Å². The number of carbonyl (C=O) groups excluding carboxylic acids is 1. The standard InChI is InChI=1S/C25H29N5O3S/c1-18-6-7-20(15-19(18)2)23-16-22(27-30(23)21-8-14-34(32,33)17-21)25(31)29-12-10-28(11-13-29)24-5-3-4-9-26-24/h3-7,9,15-16,21H,8,10-14,17H2,1-2H3. The van der Waals surface area contributed by atoms with Gasteiger partial charge in [-0.15, -0.1) is 0 Å². The van der Waals surface area contributed by atoms with Gasteiger partial charge < -0.3 is 9.80 Å². The molecule has 0 spiro atoms. The predicted molar refractivity (Wildman–Crippen MR) is 132 cm³/mol. The van der Waals surface area contributed by atoms with Gasteiger partial charge in [-0.2, -0.15) is 5.10 Å². The number of nitrogens with zero attached hydrogens (tertiary/aromatic N) is 5. The van der Waals surface area contributed by atoms with Crippen LogP contribution in [0.4, 0.5) is 5.82 Å². The predicted octanol–water partition coefficient (Wildman–Crippen LogP) is 2.88. The van der Waals surface area contributed by atoms with Gasteiger partial charge in [-0.25, -0.2) is 13.4 Å². The van der Waals surface area contributed by atoms with Gasteiger partial charge in [0, 0.05) is 37.9 Å². The Labute approximate surface area is 200 Å². The fourth-order valence-corrected chi connectivity index (χ4v) is 6.40. The lowest BCUT2D eigenvalue weighted by Crippen LogP contribution is -2.49. The van der Waals surface area contributed by atoms with Crippen molar-refractivity contribution in [3.63, 3.8) is 0 Å². The number of benzene rings is 1. The van der Waals surface area contributed by atoms with Crippen LogP contribution in [0.25, 0.3) is 11.3 Å². The topological polar surface area (TPSA) is 88.4 Å². The van der Waals surface area contributed by atoms with Gasteiger partial charge in [-0.1, -0.05) is 18.2 Å². The summed E-state index contributed by atoms with van der Waals surface area (Å²) in [4.78, 5) is 21.8. The zero-order valence-corrected chi connectivity index (χ0v) is 20.3. The van der Waals surface area contributed by atoms with Crippen LogP contribution in [0.15, 0.2) is 48.7 Å². The lowest BCUT2D eigenvalue weighted by atomic mass is 10.0. The monoisotopic (exact) mass is 479 g/mol. The number of aryl methyl sites for hydroxylation is 2. The summed E-state index contributed by atoms with van der Waals surface area (Å²) in [6.07, 6.45) is 2.29. The first kappa shape index (κ1) is 22.6. The number of pyridine rings is 1. The lowest BCUT2D eigenvalue weighted by Gasteiger charge is -2.35. The van der Waals surface area contributed by atoms with E-state index < -0.39 is 9.84 Å². The maximum Gasteiger partial charge on any atom is 0.274 e. The molecule has 0 bridgehead atoms. The van der Waals surface area contributed by atoms with E-state index in [1.807, 2.05) is 48.2 Å². The second-order valence-electron chi connectivity index (χ2n) is 9.18. The second-order valence-corrected chi connectivity index (χ2v) is 11.4. The Bertz CT molecular complexity index is 1310. The van der Waals surface area contributed by atoms with Gasteiger partial charge in [0.05, 0.1) is 23.2 Å². The van der Waals surface area contributed by atoms with Crippen LogP contribution < -0.4 is 4.90 Å². The summed E-state index contributed by atoms with van der Waals surface area (Å²) in [5.41, 5.74) is 4.42. The largest absolute Gasteiger partial charge is 0.353 e. The molecule has 8 nitrogen and oxygen atoms in total. The van der Waals surface area contributed by atoms with Crippen molar-refractivity contribution in [2.45, 2.75) is 26.3 Å². The summed E-state index contributed by atoms with van der Waals surface area (Å²) in [7, 11) is -3.09. The summed E-state index contributed by atoms with van der Waals surface area (Å²) >= 11 is 0. The number of piperazine rings is 1. The molecule has 2 aliphatic heterocycles. The molecule has 1 amide bonds. The van der Waals surface area contributed by atoms with E-state index in [0.29, 0.717) is 38.3 Å². The normalized spacial score (nSPS) is 20.0. The Kier molecular flexibility index (Phi) is 5.89. The molecular weight excluding hydrogens is 450 g/mol. The number of carbonyl (C=O) groups is 1. The molecule has 5 rings (SSSR count). The maximum atomic E-state index is 13.4. The summed E-state index contributed by atoms with van der Waals surface area (Å²) in [5.74, 6) is 1.01. The number of aromatic nitrogens is 3. The highest BCUT2D eigenvalue weighted by Gasteiger charge is 2.33. The van der Waals surface area contributed by atoms with Crippen molar-refractivity contribution in [3.05, 3.63) is 65.5 Å². The zero-order chi connectivity index (χ0) is 23.9. The Morgan fingerprint density at radius 1 is 1.00 bits per heavy atom. The number of hydrogen-bond acceptors (Lipinski definition) is 6. The molecule has 0 saturated carbocycles. The van der Waals surface area contributed by atoms with Crippen LogP contribution in [0.1, 0.15) is 34.1 Å². The highest BCUT2D eigenvalue weighted by Crippen LogP contribution is 2.31. The fraction of sp³-hybridized carbons (Fsp3) is 0.400. The van der Waals surface area contributed by atoms with Crippen LogP contribution in [-0.4, -0.2) is 71.7 Å². The van der Waals surface area contributed by atoms with Gasteiger partial charge >= 0.3 is 0 Å². The molecule has 1 aromatic carbocycles. The SMILES string of the molecule is Cc1ccc(-c2cc(C(=O)N3CCN(c4ccccn4)CC3)nn2C2CCS(=O)(=O)C2)cc1C. The van der Waals surface area contributed by atoms with Crippen molar-refractivity contribution < 1.29 is 13.2 Å². The number of rotatable bonds is 4. The van der Waals surface area contributed by atoms with Gasteiger partial charge in [0.2, 0.25) is 0 Å². The Hall–Kier alpha value is -3.20. The van der Waals surface area contributed by atoms with Gasteiger partial charge in [-0.3, -0.25) is 9.48 Å². The average molecular weight is 480 g/mol. The number of hydrogen-bond donors (Lipinski definition) is 0. The molecular formula is C25H29N5O3S. The van der Waals surface area contributed by atoms with Crippen molar-refractivity contribution in [1.29, 1.82) is 0 Å². The molecule has 1 unspecified atom stereocenters. The molecule has 0 radical (unpaired) electrons. The lowest BCUT2D eigenvalue weighted by molar-refractivity contribution is 0.0739. The highest BCUT2D eigenvalue weighted by atomic mass is 32.2. The molecule has 2 aliphatic rings. The molecule has 0 aliphatic carbocycles. The maximum absolute atomic E-state index is 13.4. The first-order valence-corrected chi connectivity index (χ1v) is 13.5. The summed E-state index contributed by atoms with van der Waals surface area (Å²) in [6.45, 7) is 6.67. The third-order valence-electron chi connectivity index (χ3n) is 6.85. The number of sulfone groups is 1. The van der Waals surface area contributed by atoms with Crippen LogP contribution in [0.5, 0.6) is 0 Å². The van der Waals surface area contributed by atoms with Crippen LogP contribution in [-0.2, 0) is 9.84 Å². The van der Waals surface area contributed by atoms with Crippen LogP contribution >= 0.6 is 0 Å². The van der Waals surface area contributed by atoms with E-state index in [0.717, 1.165) is 22.6 Å². The molecule has 34 heavy (non-hydrogen) atoms. The van der Waals surface area contributed by atoms with E-state index in [-0.39, 0.29) is 23.5 Å². The Balaban J connectivity index is 1.41. The Morgan fingerprint density at radius 2 is 1.79 bits per heavy atom. The van der Waals surface area contributed by atoms with Crippen molar-refractivity contribution in [2.24, 2.45) is 0 Å². The molecule has 2 saturated heterocycles. The van der Waals surface area contributed by atoms with E-state index in [1.165, 1.54) is 5.56 Å². The summed E-state index contributed by atoms with van der Waals surface area (Å²) in [5, 5.41) is 4.67. The molecule has 178 valence electrons. The van der Waals surface area contributed by atoms with Crippen LogP contribution in [0.2, 0.25) is 0 Å². The zero-order valence-electron chi connectivity index (χ0n) is 19.5. The smallest absolute Gasteiger partial charge is 0.274 e. The van der Waals surface area contributed by atoms with Crippen LogP contribution in [0, 0.1) is 13.8 Å². The minimum atomic E-state index is -3.09. The highest BCUT2D eigenvalue weighted by molar-refractivity contribution is 7.91. The molecule has 0 N–H and O–H groups in total. The average Bonchev–Trinajstić information content (AvgIpc) is 3.44. The van der Waals surface area contributed by atoms with Crippen molar-refractivity contribution in [3.8, 4) is 11.3 Å². The van der Waals surface area contributed by atoms with Crippen molar-refractivity contribution in [2.75, 3.05) is 42.6 Å². The van der Waals surface area contributed by atoms with E-state index in [2.05, 4.69) is 28.0 Å². The minimum Gasteiger partial charge on any atom is -0.353 e. The first-order valence-electron chi connectivity index (χ1n) is 11.6.